The molecule has 130 valence electrons. The number of aliphatic carboxylic acids is 1. The van der Waals surface area contributed by atoms with Crippen LogP contribution in [0.5, 0.6) is 5.75 Å². The summed E-state index contributed by atoms with van der Waals surface area (Å²) >= 11 is 0. The Morgan fingerprint density at radius 2 is 2.24 bits per heavy atom. The lowest BCUT2D eigenvalue weighted by Gasteiger charge is -2.05. The quantitative estimate of drug-likeness (QED) is 0.581. The molecule has 0 aliphatic rings. The van der Waals surface area contributed by atoms with Crippen LogP contribution in [0, 0.1) is 0 Å². The number of amides is 1. The van der Waals surface area contributed by atoms with E-state index in [0.29, 0.717) is 11.4 Å². The number of ether oxygens (including phenoxy) is 1. The van der Waals surface area contributed by atoms with Crippen molar-refractivity contribution < 1.29 is 19.4 Å². The second-order valence-corrected chi connectivity index (χ2v) is 5.45. The number of fused-ring (bicyclic) bond motifs is 1. The van der Waals surface area contributed by atoms with E-state index in [2.05, 4.69) is 20.6 Å². The highest BCUT2D eigenvalue weighted by atomic mass is 16.5. The first-order valence-electron chi connectivity index (χ1n) is 7.57. The molecule has 2 heterocycles. The molecule has 9 nitrogen and oxygen atoms in total. The molecular formula is C16H17N5O4. The summed E-state index contributed by atoms with van der Waals surface area (Å²) in [6, 6.07) is 5.64. The average Bonchev–Trinajstić information content (AvgIpc) is 3.19. The molecule has 0 spiro atoms. The minimum Gasteiger partial charge on any atom is -0.496 e. The Bertz CT molecular complexity index is 914. The number of nitrogens with one attached hydrogen (secondary N) is 2. The van der Waals surface area contributed by atoms with Gasteiger partial charge < -0.3 is 20.1 Å². The molecule has 3 N–H and O–H groups in total. The van der Waals surface area contributed by atoms with E-state index in [-0.39, 0.29) is 25.4 Å². The van der Waals surface area contributed by atoms with Crippen molar-refractivity contribution in [2.75, 3.05) is 7.11 Å². The van der Waals surface area contributed by atoms with Crippen LogP contribution in [-0.4, -0.2) is 44.1 Å². The summed E-state index contributed by atoms with van der Waals surface area (Å²) in [6.07, 6.45) is 3.46. The summed E-state index contributed by atoms with van der Waals surface area (Å²) in [5.41, 5.74) is 2.23. The van der Waals surface area contributed by atoms with E-state index < -0.39 is 5.97 Å². The molecule has 3 aromatic rings. The van der Waals surface area contributed by atoms with Gasteiger partial charge in [0.25, 0.3) is 0 Å². The van der Waals surface area contributed by atoms with Crippen LogP contribution in [-0.2, 0) is 29.1 Å². The van der Waals surface area contributed by atoms with Crippen LogP contribution in [0.15, 0.2) is 30.6 Å². The van der Waals surface area contributed by atoms with Gasteiger partial charge in [0.1, 0.15) is 18.0 Å². The fourth-order valence-corrected chi connectivity index (χ4v) is 2.59. The minimum absolute atomic E-state index is 0.179. The van der Waals surface area contributed by atoms with Crippen molar-refractivity contribution in [2.24, 2.45) is 0 Å². The number of hydrogen-bond donors (Lipinski definition) is 3. The number of benzene rings is 1. The Morgan fingerprint density at radius 3 is 3.00 bits per heavy atom. The van der Waals surface area contributed by atoms with Crippen molar-refractivity contribution in [2.45, 2.75) is 19.5 Å². The molecule has 9 heteroatoms. The maximum absolute atomic E-state index is 12.2. The fourth-order valence-electron chi connectivity index (χ4n) is 2.59. The number of carboxylic acid groups (broad SMARTS) is 1. The predicted octanol–water partition coefficient (Wildman–Crippen LogP) is 0.712. The van der Waals surface area contributed by atoms with Crippen LogP contribution in [0.3, 0.4) is 0 Å². The number of aromatic nitrogens is 4. The maximum Gasteiger partial charge on any atom is 0.325 e. The maximum atomic E-state index is 12.2. The van der Waals surface area contributed by atoms with Crippen LogP contribution >= 0.6 is 0 Å². The van der Waals surface area contributed by atoms with Gasteiger partial charge in [-0.1, -0.05) is 11.3 Å². The van der Waals surface area contributed by atoms with Crippen LogP contribution in [0.1, 0.15) is 11.3 Å². The lowest BCUT2D eigenvalue weighted by Crippen LogP contribution is -2.24. The predicted molar refractivity (Wildman–Crippen MR) is 88.1 cm³/mol. The lowest BCUT2D eigenvalue weighted by molar-refractivity contribution is -0.138. The Hall–Kier alpha value is -3.36. The number of nitrogens with zero attached hydrogens (tertiary/aromatic N) is 3. The van der Waals surface area contributed by atoms with Crippen molar-refractivity contribution in [3.8, 4) is 5.75 Å². The first-order valence-corrected chi connectivity index (χ1v) is 7.57. The van der Waals surface area contributed by atoms with Gasteiger partial charge in [0, 0.05) is 17.1 Å². The van der Waals surface area contributed by atoms with Crippen LogP contribution in [0.25, 0.3) is 10.9 Å². The Kier molecular flexibility index (Phi) is 4.64. The van der Waals surface area contributed by atoms with Crippen molar-refractivity contribution in [1.82, 2.24) is 25.3 Å². The third kappa shape index (κ3) is 3.77. The van der Waals surface area contributed by atoms with E-state index in [0.717, 1.165) is 16.5 Å². The average molecular weight is 343 g/mol. The number of carbonyl (C=O) groups is 2. The Balaban J connectivity index is 1.63. The summed E-state index contributed by atoms with van der Waals surface area (Å²) in [4.78, 5) is 25.9. The highest BCUT2D eigenvalue weighted by Gasteiger charge is 2.13. The monoisotopic (exact) mass is 343 g/mol. The van der Waals surface area contributed by atoms with E-state index in [9.17, 15) is 9.59 Å². The zero-order valence-electron chi connectivity index (χ0n) is 13.5. The van der Waals surface area contributed by atoms with E-state index in [4.69, 9.17) is 9.84 Å². The summed E-state index contributed by atoms with van der Waals surface area (Å²) < 4.78 is 6.55. The van der Waals surface area contributed by atoms with E-state index in [1.807, 2.05) is 18.2 Å². The van der Waals surface area contributed by atoms with Crippen molar-refractivity contribution in [3.05, 3.63) is 41.9 Å². The van der Waals surface area contributed by atoms with Crippen molar-refractivity contribution >= 4 is 22.8 Å². The third-order valence-electron chi connectivity index (χ3n) is 3.67. The second-order valence-electron chi connectivity index (χ2n) is 5.45. The van der Waals surface area contributed by atoms with Crippen LogP contribution in [0.2, 0.25) is 0 Å². The molecule has 1 aromatic carbocycles. The van der Waals surface area contributed by atoms with Crippen LogP contribution in [0.4, 0.5) is 0 Å². The first-order chi connectivity index (χ1) is 12.1. The summed E-state index contributed by atoms with van der Waals surface area (Å²) in [6.45, 7) is -0.0893. The Morgan fingerprint density at radius 1 is 1.40 bits per heavy atom. The first kappa shape index (κ1) is 16.5. The molecule has 0 radical (unpaired) electrons. The standard InChI is InChI=1S/C16H17N5O4/c1-25-13-4-2-3-12-16(13)10(6-17-12)5-14(22)18-7-11-8-21(20-19-11)9-15(23)24/h2-4,6,8,17H,5,7,9H2,1H3,(H,18,22)(H,23,24). The molecule has 2 aromatic heterocycles. The van der Waals surface area contributed by atoms with Crippen LogP contribution < -0.4 is 10.1 Å². The smallest absolute Gasteiger partial charge is 0.325 e. The van der Waals surface area contributed by atoms with E-state index >= 15 is 0 Å². The fraction of sp³-hybridized carbons (Fsp3) is 0.250. The lowest BCUT2D eigenvalue weighted by atomic mass is 10.1. The largest absolute Gasteiger partial charge is 0.496 e. The van der Waals surface area contributed by atoms with Crippen molar-refractivity contribution in [1.29, 1.82) is 0 Å². The number of aromatic amines is 1. The summed E-state index contributed by atoms with van der Waals surface area (Å²) in [7, 11) is 1.59. The molecule has 0 bridgehead atoms. The molecular weight excluding hydrogens is 326 g/mol. The highest BCUT2D eigenvalue weighted by molar-refractivity contribution is 5.93. The summed E-state index contributed by atoms with van der Waals surface area (Å²) in [5.74, 6) is -0.480. The minimum atomic E-state index is -1.01. The number of carboxylic acids is 1. The number of methoxy groups -OCH3 is 1. The molecule has 1 amide bonds. The number of H-pyrrole nitrogens is 1. The van der Waals surface area contributed by atoms with Gasteiger partial charge in [0.2, 0.25) is 5.91 Å². The zero-order chi connectivity index (χ0) is 17.8. The van der Waals surface area contributed by atoms with Gasteiger partial charge in [-0.25, -0.2) is 4.68 Å². The molecule has 25 heavy (non-hydrogen) atoms. The van der Waals surface area contributed by atoms with Gasteiger partial charge >= 0.3 is 5.97 Å². The van der Waals surface area contributed by atoms with Gasteiger partial charge in [-0.3, -0.25) is 9.59 Å². The van der Waals surface area contributed by atoms with Crippen molar-refractivity contribution in [3.63, 3.8) is 0 Å². The van der Waals surface area contributed by atoms with Gasteiger partial charge in [-0.2, -0.15) is 0 Å². The third-order valence-corrected chi connectivity index (χ3v) is 3.67. The number of hydrogen-bond acceptors (Lipinski definition) is 5. The topological polar surface area (TPSA) is 122 Å². The zero-order valence-corrected chi connectivity index (χ0v) is 13.5. The van der Waals surface area contributed by atoms with E-state index in [1.54, 1.807) is 13.3 Å². The summed E-state index contributed by atoms with van der Waals surface area (Å²) in [5, 5.41) is 19.8. The highest BCUT2D eigenvalue weighted by Crippen LogP contribution is 2.28. The molecule has 0 aliphatic heterocycles. The molecule has 0 saturated carbocycles. The van der Waals surface area contributed by atoms with Gasteiger partial charge in [0.15, 0.2) is 0 Å². The normalized spacial score (nSPS) is 10.8. The molecule has 0 saturated heterocycles. The SMILES string of the molecule is COc1cccc2[nH]cc(CC(=O)NCc3cn(CC(=O)O)nn3)c12. The molecule has 0 fully saturated rings. The van der Waals surface area contributed by atoms with Gasteiger partial charge in [0.05, 0.1) is 26.3 Å². The molecule has 3 rings (SSSR count). The number of rotatable bonds is 7. The molecule has 0 unspecified atom stereocenters. The number of carbonyl (C=O) groups excluding carboxylic acids is 1. The second kappa shape index (κ2) is 7.04. The van der Waals surface area contributed by atoms with Gasteiger partial charge in [-0.05, 0) is 17.7 Å². The van der Waals surface area contributed by atoms with E-state index in [1.165, 1.54) is 10.9 Å². The van der Waals surface area contributed by atoms with Gasteiger partial charge in [-0.15, -0.1) is 5.10 Å². The molecule has 0 atom stereocenters. The Labute approximate surface area is 142 Å². The molecule has 0 aliphatic carbocycles.